The summed E-state index contributed by atoms with van der Waals surface area (Å²) in [4.78, 5) is 21.8. The first-order chi connectivity index (χ1) is 7.00. The van der Waals surface area contributed by atoms with Crippen LogP contribution >= 0.6 is 23.2 Å². The van der Waals surface area contributed by atoms with E-state index in [1.165, 1.54) is 13.0 Å². The van der Waals surface area contributed by atoms with Crippen LogP contribution in [0, 0.1) is 0 Å². The van der Waals surface area contributed by atoms with Crippen LogP contribution in [0.3, 0.4) is 0 Å². The molecular formula is C10H8Cl2O3. The normalized spacial score (nSPS) is 11.9. The highest BCUT2D eigenvalue weighted by atomic mass is 35.5. The van der Waals surface area contributed by atoms with Gasteiger partial charge in [0, 0.05) is 17.5 Å². The van der Waals surface area contributed by atoms with Crippen LogP contribution in [0.25, 0.3) is 0 Å². The van der Waals surface area contributed by atoms with Crippen LogP contribution in [-0.4, -0.2) is 11.2 Å². The number of benzene rings is 1. The van der Waals surface area contributed by atoms with Gasteiger partial charge in [-0.25, -0.2) is 0 Å². The molecule has 1 aromatic carbocycles. The maximum atomic E-state index is 11.0. The topological polar surface area (TPSA) is 43.4 Å². The van der Waals surface area contributed by atoms with Gasteiger partial charge in [0.15, 0.2) is 0 Å². The van der Waals surface area contributed by atoms with E-state index in [1.54, 1.807) is 18.2 Å². The Morgan fingerprint density at radius 2 is 2.07 bits per heavy atom. The van der Waals surface area contributed by atoms with Gasteiger partial charge in [-0.2, -0.15) is 0 Å². The number of hydrogen-bond donors (Lipinski definition) is 0. The fraction of sp³-hybridized carbons (Fsp3) is 0.200. The highest BCUT2D eigenvalue weighted by molar-refractivity contribution is 6.64. The number of esters is 1. The molecule has 0 heterocycles. The molecule has 1 atom stereocenters. The predicted molar refractivity (Wildman–Crippen MR) is 56.8 cm³/mol. The van der Waals surface area contributed by atoms with Crippen LogP contribution < -0.4 is 0 Å². The molecule has 5 heteroatoms. The number of rotatable bonds is 3. The van der Waals surface area contributed by atoms with Gasteiger partial charge in [-0.1, -0.05) is 23.7 Å². The molecule has 0 aliphatic rings. The number of halogens is 2. The molecule has 15 heavy (non-hydrogen) atoms. The fourth-order valence-electron chi connectivity index (χ4n) is 1.08. The number of ether oxygens (including phenoxy) is 1. The summed E-state index contributed by atoms with van der Waals surface area (Å²) in [5.41, 5.74) is 0.456. The number of carbonyl (C=O) groups excluding carboxylic acids is 2. The Kier molecular flexibility index (Phi) is 4.12. The fourth-order valence-corrected chi connectivity index (χ4v) is 1.45. The van der Waals surface area contributed by atoms with Crippen molar-refractivity contribution in [2.75, 3.05) is 0 Å². The number of carbonyl (C=O) groups is 2. The molecule has 80 valence electrons. The predicted octanol–water partition coefficient (Wildman–Crippen LogP) is 2.71. The Hall–Kier alpha value is -1.06. The van der Waals surface area contributed by atoms with Crippen LogP contribution in [0.1, 0.15) is 18.6 Å². The van der Waals surface area contributed by atoms with E-state index in [2.05, 4.69) is 0 Å². The molecule has 0 saturated heterocycles. The monoisotopic (exact) mass is 246 g/mol. The quantitative estimate of drug-likeness (QED) is 0.609. The highest BCUT2D eigenvalue weighted by Crippen LogP contribution is 2.23. The van der Waals surface area contributed by atoms with Crippen molar-refractivity contribution in [1.82, 2.24) is 0 Å². The first kappa shape index (κ1) is 12.0. The van der Waals surface area contributed by atoms with Crippen molar-refractivity contribution in [1.29, 1.82) is 0 Å². The minimum absolute atomic E-state index is 0.447. The molecule has 0 radical (unpaired) electrons. The maximum absolute atomic E-state index is 11.0. The zero-order valence-electron chi connectivity index (χ0n) is 7.87. The van der Waals surface area contributed by atoms with E-state index in [1.807, 2.05) is 0 Å². The summed E-state index contributed by atoms with van der Waals surface area (Å²) in [6.07, 6.45) is -1.09. The van der Waals surface area contributed by atoms with E-state index in [9.17, 15) is 9.59 Å². The second-order valence-electron chi connectivity index (χ2n) is 2.85. The van der Waals surface area contributed by atoms with Crippen molar-refractivity contribution < 1.29 is 14.3 Å². The molecule has 0 aromatic heterocycles. The average Bonchev–Trinajstić information content (AvgIpc) is 2.13. The van der Waals surface area contributed by atoms with Crippen LogP contribution in [0.15, 0.2) is 24.3 Å². The zero-order chi connectivity index (χ0) is 11.4. The molecule has 1 aromatic rings. The minimum Gasteiger partial charge on any atom is -0.448 e. The second kappa shape index (κ2) is 5.14. The molecule has 3 nitrogen and oxygen atoms in total. The van der Waals surface area contributed by atoms with Gasteiger partial charge in [-0.15, -0.1) is 0 Å². The third kappa shape index (κ3) is 3.53. The van der Waals surface area contributed by atoms with Gasteiger partial charge in [0.05, 0.1) is 0 Å². The average molecular weight is 247 g/mol. The lowest BCUT2D eigenvalue weighted by Crippen LogP contribution is -2.14. The Bertz CT molecular complexity index is 390. The first-order valence-corrected chi connectivity index (χ1v) is 4.88. The van der Waals surface area contributed by atoms with Crippen LogP contribution in [0.2, 0.25) is 5.02 Å². The first-order valence-electron chi connectivity index (χ1n) is 4.12. The minimum atomic E-state index is -1.09. The standard InChI is InChI=1S/C10H8Cl2O3/c1-6(13)15-9(10(12)14)7-3-2-4-8(11)5-7/h2-5,9H,1H3/t9-/m1/s1. The Morgan fingerprint density at radius 3 is 2.53 bits per heavy atom. The maximum Gasteiger partial charge on any atom is 0.303 e. The smallest absolute Gasteiger partial charge is 0.303 e. The molecule has 1 rings (SSSR count). The summed E-state index contributed by atoms with van der Waals surface area (Å²) in [6, 6.07) is 6.43. The van der Waals surface area contributed by atoms with Gasteiger partial charge >= 0.3 is 5.97 Å². The molecule has 0 spiro atoms. The molecule has 0 saturated carbocycles. The van der Waals surface area contributed by atoms with Crippen LogP contribution in [-0.2, 0) is 14.3 Å². The molecule has 0 unspecified atom stereocenters. The molecule has 0 aliphatic carbocycles. The Labute approximate surface area is 96.9 Å². The largest absolute Gasteiger partial charge is 0.448 e. The van der Waals surface area contributed by atoms with Crippen molar-refractivity contribution in [3.05, 3.63) is 34.9 Å². The Morgan fingerprint density at radius 1 is 1.40 bits per heavy atom. The SMILES string of the molecule is CC(=O)O[C@@H](C(=O)Cl)c1cccc(Cl)c1. The van der Waals surface area contributed by atoms with Crippen molar-refractivity contribution in [2.24, 2.45) is 0 Å². The van der Waals surface area contributed by atoms with E-state index in [4.69, 9.17) is 27.9 Å². The molecule has 0 bridgehead atoms. The van der Waals surface area contributed by atoms with Gasteiger partial charge in [-0.3, -0.25) is 9.59 Å². The van der Waals surface area contributed by atoms with E-state index in [0.29, 0.717) is 10.6 Å². The lowest BCUT2D eigenvalue weighted by Gasteiger charge is -2.12. The van der Waals surface area contributed by atoms with Gasteiger partial charge in [0.1, 0.15) is 0 Å². The molecule has 0 aliphatic heterocycles. The van der Waals surface area contributed by atoms with Crippen molar-refractivity contribution in [2.45, 2.75) is 13.0 Å². The van der Waals surface area contributed by atoms with Gasteiger partial charge in [-0.05, 0) is 23.7 Å². The van der Waals surface area contributed by atoms with E-state index < -0.39 is 17.3 Å². The summed E-state index contributed by atoms with van der Waals surface area (Å²) >= 11 is 11.1. The summed E-state index contributed by atoms with van der Waals surface area (Å²) in [7, 11) is 0. The van der Waals surface area contributed by atoms with Gasteiger partial charge in [0.25, 0.3) is 5.24 Å². The summed E-state index contributed by atoms with van der Waals surface area (Å²) < 4.78 is 4.77. The third-order valence-corrected chi connectivity index (χ3v) is 2.07. The van der Waals surface area contributed by atoms with Crippen LogP contribution in [0.4, 0.5) is 0 Å². The lowest BCUT2D eigenvalue weighted by molar-refractivity contribution is -0.150. The third-order valence-electron chi connectivity index (χ3n) is 1.64. The highest BCUT2D eigenvalue weighted by Gasteiger charge is 2.21. The van der Waals surface area contributed by atoms with Crippen molar-refractivity contribution >= 4 is 34.4 Å². The van der Waals surface area contributed by atoms with Crippen molar-refractivity contribution in [3.63, 3.8) is 0 Å². The summed E-state index contributed by atoms with van der Waals surface area (Å²) in [5, 5.41) is -0.310. The molecule has 0 amide bonds. The number of hydrogen-bond acceptors (Lipinski definition) is 3. The lowest BCUT2D eigenvalue weighted by atomic mass is 10.1. The van der Waals surface area contributed by atoms with E-state index in [0.717, 1.165) is 0 Å². The van der Waals surface area contributed by atoms with Crippen LogP contribution in [0.5, 0.6) is 0 Å². The second-order valence-corrected chi connectivity index (χ2v) is 3.66. The van der Waals surface area contributed by atoms with E-state index >= 15 is 0 Å². The van der Waals surface area contributed by atoms with Gasteiger partial charge in [0.2, 0.25) is 6.10 Å². The molecule has 0 N–H and O–H groups in total. The molecular weight excluding hydrogens is 239 g/mol. The van der Waals surface area contributed by atoms with Crippen molar-refractivity contribution in [3.8, 4) is 0 Å². The summed E-state index contributed by atoms with van der Waals surface area (Å²) in [6.45, 7) is 1.21. The van der Waals surface area contributed by atoms with Gasteiger partial charge < -0.3 is 4.74 Å². The Balaban J connectivity index is 2.98. The zero-order valence-corrected chi connectivity index (χ0v) is 9.38. The van der Waals surface area contributed by atoms with E-state index in [-0.39, 0.29) is 0 Å². The summed E-state index contributed by atoms with van der Waals surface area (Å²) in [5.74, 6) is -0.575. The molecule has 0 fully saturated rings.